The molecule has 1 heterocycles. The lowest BCUT2D eigenvalue weighted by molar-refractivity contribution is -0.384. The molecule has 1 N–H and O–H groups in total. The Balaban J connectivity index is 1.78. The van der Waals surface area contributed by atoms with Crippen molar-refractivity contribution in [3.05, 3.63) is 82.2 Å². The topological polar surface area (TPSA) is 153 Å². The summed E-state index contributed by atoms with van der Waals surface area (Å²) in [4.78, 5) is 26.9. The SMILES string of the molecule is CCN(CC)S(=O)(=O)c1ccc(N/N=C\c2ccc(OC(=O)c3cccnc3)c(OC)c2)c([N+](=O)[O-])c1. The first kappa shape index (κ1) is 27.2. The Morgan fingerprint density at radius 2 is 1.92 bits per heavy atom. The van der Waals surface area contributed by atoms with Gasteiger partial charge in [0.25, 0.3) is 5.69 Å². The second kappa shape index (κ2) is 12.1. The molecule has 37 heavy (non-hydrogen) atoms. The predicted octanol–water partition coefficient (Wildman–Crippen LogP) is 3.69. The van der Waals surface area contributed by atoms with Crippen LogP contribution in [0.2, 0.25) is 0 Å². The number of nitro benzene ring substituents is 1. The van der Waals surface area contributed by atoms with Gasteiger partial charge in [0.05, 0.1) is 28.7 Å². The fourth-order valence-electron chi connectivity index (χ4n) is 3.30. The van der Waals surface area contributed by atoms with E-state index >= 15 is 0 Å². The molecular weight excluding hydrogens is 502 g/mol. The number of aromatic nitrogens is 1. The molecule has 0 saturated heterocycles. The summed E-state index contributed by atoms with van der Waals surface area (Å²) in [7, 11) is -2.46. The maximum atomic E-state index is 12.7. The van der Waals surface area contributed by atoms with Crippen LogP contribution in [0, 0.1) is 10.1 Å². The van der Waals surface area contributed by atoms with Gasteiger partial charge in [0, 0.05) is 31.5 Å². The minimum Gasteiger partial charge on any atom is -0.493 e. The number of hydrogen-bond donors (Lipinski definition) is 1. The summed E-state index contributed by atoms with van der Waals surface area (Å²) in [6.07, 6.45) is 4.29. The average Bonchev–Trinajstić information content (AvgIpc) is 2.90. The molecule has 194 valence electrons. The van der Waals surface area contributed by atoms with Crippen LogP contribution in [0.15, 0.2) is 70.9 Å². The lowest BCUT2D eigenvalue weighted by Gasteiger charge is -2.18. The number of anilines is 1. The normalized spacial score (nSPS) is 11.5. The highest BCUT2D eigenvalue weighted by atomic mass is 32.2. The highest BCUT2D eigenvalue weighted by Gasteiger charge is 2.25. The monoisotopic (exact) mass is 527 g/mol. The smallest absolute Gasteiger partial charge is 0.345 e. The van der Waals surface area contributed by atoms with Gasteiger partial charge in [-0.15, -0.1) is 0 Å². The predicted molar refractivity (Wildman–Crippen MR) is 137 cm³/mol. The number of methoxy groups -OCH3 is 1. The summed E-state index contributed by atoms with van der Waals surface area (Å²) in [5.41, 5.74) is 2.95. The molecule has 0 aliphatic carbocycles. The molecule has 0 spiro atoms. The van der Waals surface area contributed by atoms with Crippen molar-refractivity contribution in [3.8, 4) is 11.5 Å². The van der Waals surface area contributed by atoms with E-state index in [-0.39, 0.29) is 40.7 Å². The van der Waals surface area contributed by atoms with Crippen molar-refractivity contribution >= 4 is 33.6 Å². The Kier molecular flexibility index (Phi) is 8.87. The van der Waals surface area contributed by atoms with Crippen molar-refractivity contribution in [3.63, 3.8) is 0 Å². The fourth-order valence-corrected chi connectivity index (χ4v) is 4.78. The van der Waals surface area contributed by atoms with Crippen molar-refractivity contribution in [1.29, 1.82) is 0 Å². The summed E-state index contributed by atoms with van der Waals surface area (Å²) in [6, 6.07) is 11.4. The standard InChI is InChI=1S/C24H25N5O7S/c1-4-28(5-2)37(33,34)19-9-10-20(21(14-19)29(31)32)27-26-15-17-8-11-22(23(13-17)35-3)36-24(30)18-7-6-12-25-16-18/h6-16,27H,4-5H2,1-3H3/b26-15-. The Hall–Kier alpha value is -4.36. The van der Waals surface area contributed by atoms with Gasteiger partial charge in [0.15, 0.2) is 11.5 Å². The molecule has 0 bridgehead atoms. The first-order valence-electron chi connectivity index (χ1n) is 11.1. The van der Waals surface area contributed by atoms with Crippen LogP contribution in [-0.2, 0) is 10.0 Å². The number of carbonyl (C=O) groups is 1. The van der Waals surface area contributed by atoms with Crippen LogP contribution in [0.1, 0.15) is 29.8 Å². The maximum absolute atomic E-state index is 12.7. The molecule has 1 aromatic heterocycles. The van der Waals surface area contributed by atoms with E-state index in [9.17, 15) is 23.3 Å². The molecular formula is C24H25N5O7S. The zero-order valence-corrected chi connectivity index (χ0v) is 21.1. The zero-order valence-electron chi connectivity index (χ0n) is 20.3. The number of benzene rings is 2. The van der Waals surface area contributed by atoms with Crippen LogP contribution in [0.5, 0.6) is 11.5 Å². The molecule has 0 amide bonds. The third-order valence-electron chi connectivity index (χ3n) is 5.20. The minimum atomic E-state index is -3.87. The van der Waals surface area contributed by atoms with Crippen molar-refractivity contribution < 1.29 is 27.6 Å². The Labute approximate surface area is 213 Å². The third kappa shape index (κ3) is 6.45. The van der Waals surface area contributed by atoms with Gasteiger partial charge >= 0.3 is 5.97 Å². The van der Waals surface area contributed by atoms with Crippen LogP contribution < -0.4 is 14.9 Å². The number of sulfonamides is 1. The summed E-state index contributed by atoms with van der Waals surface area (Å²) in [5, 5.41) is 15.6. The van der Waals surface area contributed by atoms with E-state index in [1.54, 1.807) is 38.1 Å². The molecule has 13 heteroatoms. The highest BCUT2D eigenvalue weighted by molar-refractivity contribution is 7.89. The lowest BCUT2D eigenvalue weighted by atomic mass is 10.2. The summed E-state index contributed by atoms with van der Waals surface area (Å²) < 4.78 is 37.3. The van der Waals surface area contributed by atoms with Gasteiger partial charge in [-0.1, -0.05) is 13.8 Å². The molecule has 0 atom stereocenters. The molecule has 3 rings (SSSR count). The van der Waals surface area contributed by atoms with Gasteiger partial charge in [-0.25, -0.2) is 13.2 Å². The quantitative estimate of drug-likeness (QED) is 0.129. The van der Waals surface area contributed by atoms with E-state index in [0.29, 0.717) is 5.56 Å². The first-order chi connectivity index (χ1) is 17.7. The Bertz CT molecular complexity index is 1410. The molecule has 0 unspecified atom stereocenters. The second-order valence-corrected chi connectivity index (χ2v) is 9.37. The van der Waals surface area contributed by atoms with Crippen molar-refractivity contribution in [2.75, 3.05) is 25.6 Å². The van der Waals surface area contributed by atoms with Gasteiger partial charge in [0.2, 0.25) is 10.0 Å². The summed E-state index contributed by atoms with van der Waals surface area (Å²) >= 11 is 0. The first-order valence-corrected chi connectivity index (χ1v) is 12.5. The van der Waals surface area contributed by atoms with E-state index in [2.05, 4.69) is 15.5 Å². The van der Waals surface area contributed by atoms with E-state index in [1.165, 1.54) is 48.2 Å². The van der Waals surface area contributed by atoms with E-state index in [4.69, 9.17) is 9.47 Å². The van der Waals surface area contributed by atoms with E-state index in [0.717, 1.165) is 6.07 Å². The van der Waals surface area contributed by atoms with Crippen LogP contribution >= 0.6 is 0 Å². The molecule has 0 fully saturated rings. The molecule has 3 aromatic rings. The van der Waals surface area contributed by atoms with Gasteiger partial charge in [-0.05, 0) is 48.0 Å². The number of nitrogens with zero attached hydrogens (tertiary/aromatic N) is 4. The van der Waals surface area contributed by atoms with Crippen LogP contribution in [0.4, 0.5) is 11.4 Å². The van der Waals surface area contributed by atoms with E-state index in [1.807, 2.05) is 0 Å². The van der Waals surface area contributed by atoms with Gasteiger partial charge in [0.1, 0.15) is 5.69 Å². The molecule has 12 nitrogen and oxygen atoms in total. The minimum absolute atomic E-state index is 0.00809. The van der Waals surface area contributed by atoms with E-state index < -0.39 is 26.6 Å². The number of hydrogen-bond acceptors (Lipinski definition) is 10. The Morgan fingerprint density at radius 3 is 2.54 bits per heavy atom. The average molecular weight is 528 g/mol. The molecule has 2 aromatic carbocycles. The van der Waals surface area contributed by atoms with Crippen molar-refractivity contribution in [2.24, 2.45) is 5.10 Å². The van der Waals surface area contributed by atoms with Gasteiger partial charge < -0.3 is 9.47 Å². The number of esters is 1. The molecule has 0 radical (unpaired) electrons. The zero-order chi connectivity index (χ0) is 27.0. The van der Waals surface area contributed by atoms with Crippen molar-refractivity contribution in [2.45, 2.75) is 18.7 Å². The summed E-state index contributed by atoms with van der Waals surface area (Å²) in [5.74, 6) is -0.159. The molecule has 0 aliphatic rings. The molecule has 0 saturated carbocycles. The second-order valence-electron chi connectivity index (χ2n) is 7.44. The number of nitro groups is 1. The van der Waals surface area contributed by atoms with Gasteiger partial charge in [-0.2, -0.15) is 9.41 Å². The van der Waals surface area contributed by atoms with Crippen LogP contribution in [0.3, 0.4) is 0 Å². The molecule has 0 aliphatic heterocycles. The van der Waals surface area contributed by atoms with Crippen LogP contribution in [0.25, 0.3) is 0 Å². The highest BCUT2D eigenvalue weighted by Crippen LogP contribution is 2.30. The number of nitrogens with one attached hydrogen (secondary N) is 1. The Morgan fingerprint density at radius 1 is 1.16 bits per heavy atom. The number of carbonyl (C=O) groups excluding carboxylic acids is 1. The number of hydrazone groups is 1. The van der Waals surface area contributed by atoms with Crippen LogP contribution in [-0.4, -0.2) is 55.0 Å². The number of pyridine rings is 1. The largest absolute Gasteiger partial charge is 0.493 e. The number of rotatable bonds is 11. The maximum Gasteiger partial charge on any atom is 0.345 e. The lowest BCUT2D eigenvalue weighted by Crippen LogP contribution is -2.30. The van der Waals surface area contributed by atoms with Gasteiger partial charge in [-0.3, -0.25) is 20.5 Å². The summed E-state index contributed by atoms with van der Waals surface area (Å²) in [6.45, 7) is 3.85. The van der Waals surface area contributed by atoms with Crippen molar-refractivity contribution in [1.82, 2.24) is 9.29 Å². The number of ether oxygens (including phenoxy) is 2. The fraction of sp³-hybridized carbons (Fsp3) is 0.208. The third-order valence-corrected chi connectivity index (χ3v) is 7.24.